The summed E-state index contributed by atoms with van der Waals surface area (Å²) in [5.41, 5.74) is 0.448. The molecule has 0 fully saturated rings. The zero-order chi connectivity index (χ0) is 14.5. The smallest absolute Gasteiger partial charge is 0.343 e. The summed E-state index contributed by atoms with van der Waals surface area (Å²) in [5.74, 6) is -1.32. The summed E-state index contributed by atoms with van der Waals surface area (Å²) in [6.07, 6.45) is 0.208. The van der Waals surface area contributed by atoms with Gasteiger partial charge in [-0.15, -0.1) is 0 Å². The fraction of sp³-hybridized carbons (Fsp3) is 0.125. The van der Waals surface area contributed by atoms with Crippen molar-refractivity contribution < 1.29 is 18.7 Å². The minimum absolute atomic E-state index is 0.0760. The van der Waals surface area contributed by atoms with Crippen LogP contribution in [0.15, 0.2) is 48.5 Å². The van der Waals surface area contributed by atoms with Crippen LogP contribution in [-0.4, -0.2) is 11.8 Å². The summed E-state index contributed by atoms with van der Waals surface area (Å²) in [4.78, 5) is 23.7. The Kier molecular flexibility index (Phi) is 4.25. The van der Waals surface area contributed by atoms with Crippen LogP contribution < -0.4 is 4.74 Å². The van der Waals surface area contributed by atoms with Crippen LogP contribution in [0.4, 0.5) is 4.39 Å². The van der Waals surface area contributed by atoms with Gasteiger partial charge in [-0.25, -0.2) is 9.18 Å². The maximum absolute atomic E-state index is 13.2. The molecule has 0 atom stereocenters. The molecule has 2 aromatic carbocycles. The predicted octanol–water partition coefficient (Wildman–Crippen LogP) is 3.64. The molecule has 0 saturated heterocycles. The van der Waals surface area contributed by atoms with E-state index in [9.17, 15) is 14.0 Å². The second kappa shape index (κ2) is 6.10. The van der Waals surface area contributed by atoms with Crippen molar-refractivity contribution >= 4 is 11.8 Å². The molecule has 20 heavy (non-hydrogen) atoms. The monoisotopic (exact) mass is 272 g/mol. The number of esters is 1. The highest BCUT2D eigenvalue weighted by molar-refractivity contribution is 6.00. The molecule has 0 bridgehead atoms. The number of halogens is 1. The van der Waals surface area contributed by atoms with Crippen LogP contribution in [0, 0.1) is 5.82 Å². The lowest BCUT2D eigenvalue weighted by Crippen LogP contribution is -2.11. The fourth-order valence-electron chi connectivity index (χ4n) is 1.73. The lowest BCUT2D eigenvalue weighted by molar-refractivity contribution is 0.0732. The molecule has 2 aromatic rings. The molecule has 3 nitrogen and oxygen atoms in total. The van der Waals surface area contributed by atoms with E-state index in [2.05, 4.69) is 0 Å². The van der Waals surface area contributed by atoms with E-state index in [1.165, 1.54) is 6.07 Å². The Labute approximate surface area is 116 Å². The first-order valence-electron chi connectivity index (χ1n) is 6.21. The number of Topliss-reactive ketones (excluding diaryl/α,β-unsaturated/α-hetero) is 1. The van der Waals surface area contributed by atoms with Crippen LogP contribution >= 0.6 is 0 Å². The summed E-state index contributed by atoms with van der Waals surface area (Å²) in [6, 6.07) is 11.9. The van der Waals surface area contributed by atoms with Crippen LogP contribution in [0.2, 0.25) is 0 Å². The van der Waals surface area contributed by atoms with Gasteiger partial charge in [0, 0.05) is 6.42 Å². The number of carbonyl (C=O) groups excluding carboxylic acids is 2. The van der Waals surface area contributed by atoms with E-state index in [-0.39, 0.29) is 23.5 Å². The minimum Gasteiger partial charge on any atom is -0.422 e. The number of ketones is 1. The zero-order valence-corrected chi connectivity index (χ0v) is 10.9. The number of carbonyl (C=O) groups is 2. The van der Waals surface area contributed by atoms with Crippen LogP contribution in [0.5, 0.6) is 5.75 Å². The van der Waals surface area contributed by atoms with E-state index in [4.69, 9.17) is 4.74 Å². The molecule has 0 aliphatic carbocycles. The molecular formula is C16H13FO3. The Hall–Kier alpha value is -2.49. The number of hydrogen-bond donors (Lipinski definition) is 0. The summed E-state index contributed by atoms with van der Waals surface area (Å²) in [5, 5.41) is 0. The van der Waals surface area contributed by atoms with Crippen molar-refractivity contribution in [3.8, 4) is 5.75 Å². The number of hydrogen-bond acceptors (Lipinski definition) is 3. The minimum atomic E-state index is -0.581. The Morgan fingerprint density at radius 1 is 1.10 bits per heavy atom. The van der Waals surface area contributed by atoms with Crippen molar-refractivity contribution in [2.75, 3.05) is 0 Å². The quantitative estimate of drug-likeness (QED) is 0.485. The fourth-order valence-corrected chi connectivity index (χ4v) is 1.73. The van der Waals surface area contributed by atoms with E-state index < -0.39 is 11.8 Å². The number of rotatable bonds is 4. The van der Waals surface area contributed by atoms with Gasteiger partial charge in [-0.05, 0) is 30.3 Å². The standard InChI is InChI=1S/C16H13FO3/c1-2-14(18)13-10-12(17)8-9-15(13)20-16(19)11-6-4-3-5-7-11/h3-10H,2H2,1H3. The van der Waals surface area contributed by atoms with E-state index in [0.717, 1.165) is 12.1 Å². The first-order valence-corrected chi connectivity index (χ1v) is 6.21. The van der Waals surface area contributed by atoms with Crippen molar-refractivity contribution in [3.05, 3.63) is 65.5 Å². The van der Waals surface area contributed by atoms with Crippen molar-refractivity contribution in [2.45, 2.75) is 13.3 Å². The average molecular weight is 272 g/mol. The third-order valence-corrected chi connectivity index (χ3v) is 2.78. The third-order valence-electron chi connectivity index (χ3n) is 2.78. The summed E-state index contributed by atoms with van der Waals surface area (Å²) in [7, 11) is 0. The maximum Gasteiger partial charge on any atom is 0.343 e. The molecule has 4 heteroatoms. The van der Waals surface area contributed by atoms with Crippen molar-refractivity contribution in [1.82, 2.24) is 0 Å². The maximum atomic E-state index is 13.2. The third kappa shape index (κ3) is 3.09. The molecule has 0 saturated carbocycles. The zero-order valence-electron chi connectivity index (χ0n) is 10.9. The van der Waals surface area contributed by atoms with Gasteiger partial charge in [0.25, 0.3) is 0 Å². The molecule has 0 aliphatic rings. The van der Waals surface area contributed by atoms with Gasteiger partial charge in [0.15, 0.2) is 5.78 Å². The molecule has 0 aliphatic heterocycles. The molecule has 2 rings (SSSR count). The van der Waals surface area contributed by atoms with Gasteiger partial charge in [-0.3, -0.25) is 4.79 Å². The van der Waals surface area contributed by atoms with E-state index in [1.807, 2.05) is 0 Å². The lowest BCUT2D eigenvalue weighted by Gasteiger charge is -2.09. The van der Waals surface area contributed by atoms with Crippen molar-refractivity contribution in [3.63, 3.8) is 0 Å². The Balaban J connectivity index is 2.30. The van der Waals surface area contributed by atoms with Gasteiger partial charge in [-0.1, -0.05) is 25.1 Å². The van der Waals surface area contributed by atoms with E-state index in [1.54, 1.807) is 37.3 Å². The highest BCUT2D eigenvalue weighted by Gasteiger charge is 2.16. The lowest BCUT2D eigenvalue weighted by atomic mass is 10.1. The van der Waals surface area contributed by atoms with Crippen molar-refractivity contribution in [2.24, 2.45) is 0 Å². The van der Waals surface area contributed by atoms with Crippen LogP contribution in [0.25, 0.3) is 0 Å². The Morgan fingerprint density at radius 2 is 1.80 bits per heavy atom. The summed E-state index contributed by atoms with van der Waals surface area (Å²) in [6.45, 7) is 1.66. The molecule has 0 aromatic heterocycles. The molecule has 0 N–H and O–H groups in total. The largest absolute Gasteiger partial charge is 0.422 e. The predicted molar refractivity (Wildman–Crippen MR) is 72.4 cm³/mol. The normalized spacial score (nSPS) is 10.1. The van der Waals surface area contributed by atoms with Gasteiger partial charge < -0.3 is 4.74 Å². The van der Waals surface area contributed by atoms with Crippen LogP contribution in [0.3, 0.4) is 0 Å². The van der Waals surface area contributed by atoms with E-state index >= 15 is 0 Å². The summed E-state index contributed by atoms with van der Waals surface area (Å²) >= 11 is 0. The first-order chi connectivity index (χ1) is 9.61. The average Bonchev–Trinajstić information content (AvgIpc) is 2.49. The highest BCUT2D eigenvalue weighted by atomic mass is 19.1. The Morgan fingerprint density at radius 3 is 2.45 bits per heavy atom. The molecule has 0 amide bonds. The van der Waals surface area contributed by atoms with Gasteiger partial charge in [0.2, 0.25) is 0 Å². The second-order valence-electron chi connectivity index (χ2n) is 4.17. The van der Waals surface area contributed by atoms with Gasteiger partial charge in [0.1, 0.15) is 11.6 Å². The molecule has 0 heterocycles. The summed E-state index contributed by atoms with van der Waals surface area (Å²) < 4.78 is 18.4. The van der Waals surface area contributed by atoms with Gasteiger partial charge in [0.05, 0.1) is 11.1 Å². The molecular weight excluding hydrogens is 259 g/mol. The Bertz CT molecular complexity index is 635. The molecule has 0 spiro atoms. The molecule has 102 valence electrons. The van der Waals surface area contributed by atoms with Gasteiger partial charge in [-0.2, -0.15) is 0 Å². The van der Waals surface area contributed by atoms with Gasteiger partial charge >= 0.3 is 5.97 Å². The SMILES string of the molecule is CCC(=O)c1cc(F)ccc1OC(=O)c1ccccc1. The molecule has 0 unspecified atom stereocenters. The van der Waals surface area contributed by atoms with E-state index in [0.29, 0.717) is 5.56 Å². The number of ether oxygens (including phenoxy) is 1. The molecule has 0 radical (unpaired) electrons. The highest BCUT2D eigenvalue weighted by Crippen LogP contribution is 2.22. The van der Waals surface area contributed by atoms with Crippen LogP contribution in [-0.2, 0) is 0 Å². The van der Waals surface area contributed by atoms with Crippen molar-refractivity contribution in [1.29, 1.82) is 0 Å². The first kappa shape index (κ1) is 13.9. The van der Waals surface area contributed by atoms with Crippen LogP contribution in [0.1, 0.15) is 34.1 Å². The number of benzene rings is 2. The second-order valence-corrected chi connectivity index (χ2v) is 4.17. The topological polar surface area (TPSA) is 43.4 Å².